The van der Waals surface area contributed by atoms with E-state index in [0.717, 1.165) is 29.7 Å². The van der Waals surface area contributed by atoms with Gasteiger partial charge in [-0.2, -0.15) is 15.0 Å². The molecule has 0 saturated heterocycles. The van der Waals surface area contributed by atoms with Gasteiger partial charge < -0.3 is 4.74 Å². The van der Waals surface area contributed by atoms with Gasteiger partial charge in [0.15, 0.2) is 5.78 Å². The van der Waals surface area contributed by atoms with Crippen LogP contribution in [-0.2, 0) is 21.4 Å². The maximum Gasteiger partial charge on any atom is 0.434 e. The first-order valence-electron chi connectivity index (χ1n) is 8.93. The number of ether oxygens (including phenoxy) is 1. The molecule has 1 aromatic carbocycles. The zero-order valence-electron chi connectivity index (χ0n) is 15.2. The highest BCUT2D eigenvalue weighted by molar-refractivity contribution is 6.02. The highest BCUT2D eigenvalue weighted by atomic mass is 16.5. The van der Waals surface area contributed by atoms with Crippen molar-refractivity contribution >= 4 is 11.9 Å². The number of carbonyl (C=O) groups is 2. The molecule has 1 aromatic heterocycles. The predicted molar refractivity (Wildman–Crippen MR) is 96.9 cm³/mol. The van der Waals surface area contributed by atoms with Crippen LogP contribution in [0.3, 0.4) is 0 Å². The quantitative estimate of drug-likeness (QED) is 0.779. The van der Waals surface area contributed by atoms with Gasteiger partial charge in [0.05, 0.1) is 23.8 Å². The van der Waals surface area contributed by atoms with E-state index in [1.807, 2.05) is 37.3 Å². The monoisotopic (exact) mass is 361 g/mol. The summed E-state index contributed by atoms with van der Waals surface area (Å²) < 4.78 is 6.02. The molecule has 2 aliphatic carbocycles. The van der Waals surface area contributed by atoms with Gasteiger partial charge in [-0.1, -0.05) is 37.3 Å². The Kier molecular flexibility index (Phi) is 3.96. The highest BCUT2D eigenvalue weighted by Crippen LogP contribution is 2.53. The smallest absolute Gasteiger partial charge is 0.434 e. The largest absolute Gasteiger partial charge is 0.451 e. The number of allylic oxidation sites excluding steroid dienone is 2. The minimum atomic E-state index is -0.716. The molecule has 3 atom stereocenters. The predicted octanol–water partition coefficient (Wildman–Crippen LogP) is 3.01. The lowest BCUT2D eigenvalue weighted by Gasteiger charge is -2.46. The SMILES string of the molecule is COC(=O)n1cc2c(n1)[C@@]1(c3ccccc3)C=C(C#N)C(=O)[C@@H](C)C1CC2. The van der Waals surface area contributed by atoms with Crippen LogP contribution in [0.1, 0.15) is 30.2 Å². The standard InChI is InChI=1S/C21H19N3O3/c1-13-17-9-8-14-12-24(20(26)27-2)23-19(14)21(17,10-15(11-22)18(13)25)16-6-4-3-5-7-16/h3-7,10,12-13,17H,8-9H2,1-2H3/t13-,17?,21+/m0/s1. The fourth-order valence-electron chi connectivity index (χ4n) is 4.62. The molecule has 0 N–H and O–H groups in total. The Morgan fingerprint density at radius 2 is 2.11 bits per heavy atom. The maximum atomic E-state index is 12.7. The normalized spacial score (nSPS) is 26.4. The van der Waals surface area contributed by atoms with Gasteiger partial charge in [0.25, 0.3) is 0 Å². The first kappa shape index (κ1) is 17.2. The van der Waals surface area contributed by atoms with E-state index in [1.54, 1.807) is 12.3 Å². The summed E-state index contributed by atoms with van der Waals surface area (Å²) in [6, 6.07) is 11.9. The zero-order chi connectivity index (χ0) is 19.2. The van der Waals surface area contributed by atoms with Gasteiger partial charge in [0.1, 0.15) is 6.07 Å². The van der Waals surface area contributed by atoms with Crippen molar-refractivity contribution in [2.75, 3.05) is 7.11 Å². The number of aryl methyl sites for hydroxylation is 1. The van der Waals surface area contributed by atoms with Crippen LogP contribution in [0.5, 0.6) is 0 Å². The average Bonchev–Trinajstić information content (AvgIpc) is 3.15. The van der Waals surface area contributed by atoms with Crippen molar-refractivity contribution in [2.24, 2.45) is 11.8 Å². The van der Waals surface area contributed by atoms with Gasteiger partial charge in [-0.3, -0.25) is 4.79 Å². The first-order chi connectivity index (χ1) is 13.0. The van der Waals surface area contributed by atoms with Gasteiger partial charge in [-0.15, -0.1) is 0 Å². The third kappa shape index (κ3) is 2.35. The lowest BCUT2D eigenvalue weighted by molar-refractivity contribution is -0.121. The Morgan fingerprint density at radius 1 is 1.37 bits per heavy atom. The number of Topliss-reactive ketones (excluding diaryl/α,β-unsaturated/α-hetero) is 1. The molecule has 0 bridgehead atoms. The van der Waals surface area contributed by atoms with E-state index in [1.165, 1.54) is 11.8 Å². The number of hydrogen-bond donors (Lipinski definition) is 0. The Labute approximate surface area is 157 Å². The second-order valence-electron chi connectivity index (χ2n) is 7.12. The summed E-state index contributed by atoms with van der Waals surface area (Å²) in [6.07, 6.45) is 4.40. The Hall–Kier alpha value is -3.20. The molecule has 0 radical (unpaired) electrons. The molecule has 1 unspecified atom stereocenters. The topological polar surface area (TPSA) is 85.0 Å². The van der Waals surface area contributed by atoms with Crippen LogP contribution in [0, 0.1) is 23.2 Å². The van der Waals surface area contributed by atoms with Crippen molar-refractivity contribution in [1.82, 2.24) is 9.78 Å². The fourth-order valence-corrected chi connectivity index (χ4v) is 4.62. The number of ketones is 1. The fraction of sp³-hybridized carbons (Fsp3) is 0.333. The van der Waals surface area contributed by atoms with Crippen molar-refractivity contribution in [3.63, 3.8) is 0 Å². The molecule has 2 aromatic rings. The molecule has 6 heteroatoms. The van der Waals surface area contributed by atoms with Crippen molar-refractivity contribution in [2.45, 2.75) is 25.2 Å². The third-order valence-corrected chi connectivity index (χ3v) is 5.88. The average molecular weight is 361 g/mol. The summed E-state index contributed by atoms with van der Waals surface area (Å²) in [7, 11) is 1.31. The molecule has 0 aliphatic heterocycles. The number of carbonyl (C=O) groups excluding carboxylic acids is 2. The molecule has 0 spiro atoms. The Bertz CT molecular complexity index is 999. The molecule has 136 valence electrons. The van der Waals surface area contributed by atoms with E-state index in [-0.39, 0.29) is 23.2 Å². The van der Waals surface area contributed by atoms with E-state index in [2.05, 4.69) is 11.2 Å². The summed E-state index contributed by atoms with van der Waals surface area (Å²) >= 11 is 0. The lowest BCUT2D eigenvalue weighted by Crippen LogP contribution is -2.48. The van der Waals surface area contributed by atoms with Crippen LogP contribution in [0.25, 0.3) is 0 Å². The second-order valence-corrected chi connectivity index (χ2v) is 7.12. The van der Waals surface area contributed by atoms with Crippen molar-refractivity contribution in [1.29, 1.82) is 5.26 Å². The van der Waals surface area contributed by atoms with Gasteiger partial charge in [-0.25, -0.2) is 4.79 Å². The maximum absolute atomic E-state index is 12.7. The first-order valence-corrected chi connectivity index (χ1v) is 8.93. The van der Waals surface area contributed by atoms with Crippen molar-refractivity contribution in [3.8, 4) is 6.07 Å². The summed E-state index contributed by atoms with van der Waals surface area (Å²) in [4.78, 5) is 24.7. The summed E-state index contributed by atoms with van der Waals surface area (Å²) in [6.45, 7) is 1.89. The highest BCUT2D eigenvalue weighted by Gasteiger charge is 2.53. The number of fused-ring (bicyclic) bond motifs is 3. The number of hydrogen-bond acceptors (Lipinski definition) is 5. The molecule has 6 nitrogen and oxygen atoms in total. The number of nitrogens with zero attached hydrogens (tertiary/aromatic N) is 3. The summed E-state index contributed by atoms with van der Waals surface area (Å²) in [5.41, 5.74) is 2.08. The van der Waals surface area contributed by atoms with E-state index < -0.39 is 11.5 Å². The number of methoxy groups -OCH3 is 1. The molecule has 0 amide bonds. The van der Waals surface area contributed by atoms with E-state index >= 15 is 0 Å². The molecular weight excluding hydrogens is 342 g/mol. The summed E-state index contributed by atoms with van der Waals surface area (Å²) in [5.74, 6) is -0.454. The Balaban J connectivity index is 2.04. The van der Waals surface area contributed by atoms with E-state index in [9.17, 15) is 14.9 Å². The van der Waals surface area contributed by atoms with E-state index in [4.69, 9.17) is 4.74 Å². The molecule has 1 heterocycles. The molecule has 0 saturated carbocycles. The van der Waals surface area contributed by atoms with Crippen molar-refractivity contribution < 1.29 is 14.3 Å². The van der Waals surface area contributed by atoms with Gasteiger partial charge in [-0.05, 0) is 36.0 Å². The molecule has 0 fully saturated rings. The summed E-state index contributed by atoms with van der Waals surface area (Å²) in [5, 5.41) is 14.1. The Morgan fingerprint density at radius 3 is 2.78 bits per heavy atom. The van der Waals surface area contributed by atoms with Gasteiger partial charge in [0, 0.05) is 12.1 Å². The van der Waals surface area contributed by atoms with E-state index in [0.29, 0.717) is 0 Å². The van der Waals surface area contributed by atoms with Crippen molar-refractivity contribution in [3.05, 3.63) is 65.0 Å². The van der Waals surface area contributed by atoms with Gasteiger partial charge >= 0.3 is 6.09 Å². The molecule has 2 aliphatic rings. The molecule has 27 heavy (non-hydrogen) atoms. The second kappa shape index (κ2) is 6.20. The third-order valence-electron chi connectivity index (χ3n) is 5.88. The van der Waals surface area contributed by atoms with Gasteiger partial charge in [0.2, 0.25) is 0 Å². The van der Waals surface area contributed by atoms with Crippen LogP contribution in [-0.4, -0.2) is 28.8 Å². The van der Waals surface area contributed by atoms with Crippen LogP contribution >= 0.6 is 0 Å². The molecular formula is C21H19N3O3. The van der Waals surface area contributed by atoms with Crippen LogP contribution in [0.4, 0.5) is 4.79 Å². The minimum Gasteiger partial charge on any atom is -0.451 e. The van der Waals surface area contributed by atoms with Crippen LogP contribution < -0.4 is 0 Å². The number of benzene rings is 1. The molecule has 4 rings (SSSR count). The zero-order valence-corrected chi connectivity index (χ0v) is 15.2. The minimum absolute atomic E-state index is 0.0296. The van der Waals surface area contributed by atoms with Crippen LogP contribution in [0.2, 0.25) is 0 Å². The number of nitriles is 1. The number of rotatable bonds is 1. The number of aromatic nitrogens is 2. The lowest BCUT2D eigenvalue weighted by atomic mass is 9.54. The van der Waals surface area contributed by atoms with Crippen LogP contribution in [0.15, 0.2) is 48.2 Å².